The average Bonchev–Trinajstić information content (AvgIpc) is 2.63. The van der Waals surface area contributed by atoms with Crippen LogP contribution in [0.3, 0.4) is 0 Å². The molecule has 0 radical (unpaired) electrons. The molecule has 0 saturated carbocycles. The second-order valence-corrected chi connectivity index (χ2v) is 5.99. The van der Waals surface area contributed by atoms with E-state index >= 15 is 0 Å². The first-order chi connectivity index (χ1) is 11.7. The Morgan fingerprint density at radius 1 is 0.708 bits per heavy atom. The van der Waals surface area contributed by atoms with Gasteiger partial charge in [0.2, 0.25) is 0 Å². The van der Waals surface area contributed by atoms with Crippen molar-refractivity contribution in [3.63, 3.8) is 0 Å². The minimum absolute atomic E-state index is 0.0523. The number of aromatic amines is 1. The lowest BCUT2D eigenvalue weighted by molar-refractivity contribution is 1.27. The van der Waals surface area contributed by atoms with Crippen LogP contribution in [0.4, 0.5) is 0 Å². The third-order valence-electron chi connectivity index (χ3n) is 4.30. The van der Waals surface area contributed by atoms with Crippen molar-refractivity contribution < 1.29 is 0 Å². The van der Waals surface area contributed by atoms with E-state index in [0.717, 1.165) is 38.7 Å². The van der Waals surface area contributed by atoms with Crippen molar-refractivity contribution in [3.05, 3.63) is 94.8 Å². The van der Waals surface area contributed by atoms with Gasteiger partial charge in [0.25, 0.3) is 5.56 Å². The second-order valence-electron chi connectivity index (χ2n) is 5.99. The van der Waals surface area contributed by atoms with Gasteiger partial charge in [0.1, 0.15) is 0 Å². The van der Waals surface area contributed by atoms with Crippen LogP contribution in [0.1, 0.15) is 5.56 Å². The summed E-state index contributed by atoms with van der Waals surface area (Å²) in [5, 5.41) is 1.71. The fourth-order valence-electron chi connectivity index (χ4n) is 3.17. The molecule has 0 saturated heterocycles. The minimum Gasteiger partial charge on any atom is -0.321 e. The van der Waals surface area contributed by atoms with Crippen molar-refractivity contribution in [3.8, 4) is 22.4 Å². The van der Waals surface area contributed by atoms with E-state index in [0.29, 0.717) is 0 Å². The van der Waals surface area contributed by atoms with Gasteiger partial charge >= 0.3 is 0 Å². The largest absolute Gasteiger partial charge is 0.321 e. The summed E-state index contributed by atoms with van der Waals surface area (Å²) in [5.41, 5.74) is 5.14. The van der Waals surface area contributed by atoms with Crippen LogP contribution in [0, 0.1) is 6.92 Å². The Hall–Kier alpha value is -3.13. The molecule has 0 atom stereocenters. The van der Waals surface area contributed by atoms with Crippen LogP contribution in [0.15, 0.2) is 83.7 Å². The molecule has 1 N–H and O–H groups in total. The van der Waals surface area contributed by atoms with Gasteiger partial charge in [-0.3, -0.25) is 4.79 Å². The van der Waals surface area contributed by atoms with Crippen molar-refractivity contribution >= 4 is 10.8 Å². The van der Waals surface area contributed by atoms with Crippen molar-refractivity contribution in [2.24, 2.45) is 0 Å². The maximum absolute atomic E-state index is 12.6. The molecule has 116 valence electrons. The highest BCUT2D eigenvalue weighted by atomic mass is 16.1. The first-order valence-corrected chi connectivity index (χ1v) is 8.01. The number of nitrogens with one attached hydrogen (secondary N) is 1. The van der Waals surface area contributed by atoms with Crippen LogP contribution < -0.4 is 5.56 Å². The Morgan fingerprint density at radius 3 is 2.00 bits per heavy atom. The topological polar surface area (TPSA) is 32.9 Å². The van der Waals surface area contributed by atoms with Crippen LogP contribution in [-0.4, -0.2) is 4.98 Å². The predicted molar refractivity (Wildman–Crippen MR) is 100 cm³/mol. The summed E-state index contributed by atoms with van der Waals surface area (Å²) >= 11 is 0. The summed E-state index contributed by atoms with van der Waals surface area (Å²) in [5.74, 6) is 0. The number of rotatable bonds is 2. The maximum Gasteiger partial charge on any atom is 0.256 e. The van der Waals surface area contributed by atoms with E-state index in [1.807, 2.05) is 60.7 Å². The van der Waals surface area contributed by atoms with Crippen molar-refractivity contribution in [1.82, 2.24) is 4.98 Å². The number of benzene rings is 3. The molecule has 0 bridgehead atoms. The van der Waals surface area contributed by atoms with Crippen molar-refractivity contribution in [2.75, 3.05) is 0 Å². The van der Waals surface area contributed by atoms with Crippen molar-refractivity contribution in [1.29, 1.82) is 0 Å². The molecule has 0 aliphatic rings. The highest BCUT2D eigenvalue weighted by Gasteiger charge is 2.14. The van der Waals surface area contributed by atoms with E-state index in [-0.39, 0.29) is 5.56 Å². The molecule has 24 heavy (non-hydrogen) atoms. The highest BCUT2D eigenvalue weighted by Crippen LogP contribution is 2.35. The van der Waals surface area contributed by atoms with Gasteiger partial charge in [-0.2, -0.15) is 0 Å². The van der Waals surface area contributed by atoms with E-state index in [4.69, 9.17) is 0 Å². The molecule has 2 heteroatoms. The highest BCUT2D eigenvalue weighted by molar-refractivity contribution is 6.02. The molecule has 3 aromatic carbocycles. The molecule has 0 spiro atoms. The molecule has 0 fully saturated rings. The van der Waals surface area contributed by atoms with E-state index in [1.54, 1.807) is 0 Å². The first kappa shape index (κ1) is 14.5. The molecule has 0 aliphatic carbocycles. The van der Waals surface area contributed by atoms with E-state index < -0.39 is 0 Å². The number of hydrogen-bond acceptors (Lipinski definition) is 1. The van der Waals surface area contributed by atoms with Crippen LogP contribution in [0.2, 0.25) is 0 Å². The summed E-state index contributed by atoms with van der Waals surface area (Å²) in [6, 6.07) is 26.2. The maximum atomic E-state index is 12.6. The van der Waals surface area contributed by atoms with Crippen LogP contribution in [0.5, 0.6) is 0 Å². The van der Waals surface area contributed by atoms with E-state index in [9.17, 15) is 4.79 Å². The summed E-state index contributed by atoms with van der Waals surface area (Å²) in [6.45, 7) is 2.05. The molecule has 0 amide bonds. The predicted octanol–water partition coefficient (Wildman–Crippen LogP) is 5.17. The zero-order valence-electron chi connectivity index (χ0n) is 13.4. The van der Waals surface area contributed by atoms with Gasteiger partial charge in [-0.25, -0.2) is 0 Å². The summed E-state index contributed by atoms with van der Waals surface area (Å²) in [7, 11) is 0. The monoisotopic (exact) mass is 311 g/mol. The van der Waals surface area contributed by atoms with E-state index in [2.05, 4.69) is 30.1 Å². The average molecular weight is 311 g/mol. The summed E-state index contributed by atoms with van der Waals surface area (Å²) < 4.78 is 0. The van der Waals surface area contributed by atoms with Crippen LogP contribution in [-0.2, 0) is 0 Å². The lowest BCUT2D eigenvalue weighted by Crippen LogP contribution is -2.09. The molecule has 2 nitrogen and oxygen atoms in total. The summed E-state index contributed by atoms with van der Waals surface area (Å²) in [4.78, 5) is 15.7. The lowest BCUT2D eigenvalue weighted by atomic mass is 9.93. The van der Waals surface area contributed by atoms with Gasteiger partial charge in [0.05, 0.1) is 5.69 Å². The third kappa shape index (κ3) is 2.42. The van der Waals surface area contributed by atoms with Gasteiger partial charge in [0, 0.05) is 10.9 Å². The Morgan fingerprint density at radius 2 is 1.33 bits per heavy atom. The smallest absolute Gasteiger partial charge is 0.256 e. The number of aryl methyl sites for hydroxylation is 1. The number of H-pyrrole nitrogens is 1. The standard InChI is InChI=1S/C22H17NO/c1-15-12-13-18-19(14-15)20(16-8-4-2-5-9-16)21(23-22(18)24)17-10-6-3-7-11-17/h2-14H,1H3,(H,23,24). The molecule has 1 aromatic heterocycles. The fourth-order valence-corrected chi connectivity index (χ4v) is 3.17. The third-order valence-corrected chi connectivity index (χ3v) is 4.30. The van der Waals surface area contributed by atoms with E-state index in [1.165, 1.54) is 0 Å². The Bertz CT molecular complexity index is 1060. The Balaban J connectivity index is 2.18. The first-order valence-electron chi connectivity index (χ1n) is 8.01. The van der Waals surface area contributed by atoms with Gasteiger partial charge < -0.3 is 4.98 Å². The molecule has 0 unspecified atom stereocenters. The Labute approximate surface area is 140 Å². The van der Waals surface area contributed by atoms with Crippen LogP contribution in [0.25, 0.3) is 33.2 Å². The number of fused-ring (bicyclic) bond motifs is 1. The number of aromatic nitrogens is 1. The fraction of sp³-hybridized carbons (Fsp3) is 0.0455. The number of pyridine rings is 1. The Kier molecular flexibility index (Phi) is 3.51. The molecule has 1 heterocycles. The second kappa shape index (κ2) is 5.82. The lowest BCUT2D eigenvalue weighted by Gasteiger charge is -2.14. The minimum atomic E-state index is -0.0523. The molecular formula is C22H17NO. The zero-order valence-corrected chi connectivity index (χ0v) is 13.4. The van der Waals surface area contributed by atoms with Crippen LogP contribution >= 0.6 is 0 Å². The van der Waals surface area contributed by atoms with Gasteiger partial charge in [-0.05, 0) is 29.5 Å². The summed E-state index contributed by atoms with van der Waals surface area (Å²) in [6.07, 6.45) is 0. The molecule has 0 aliphatic heterocycles. The van der Waals surface area contributed by atoms with Crippen molar-refractivity contribution in [2.45, 2.75) is 6.92 Å². The number of hydrogen-bond donors (Lipinski definition) is 1. The van der Waals surface area contributed by atoms with Gasteiger partial charge in [-0.1, -0.05) is 78.4 Å². The van der Waals surface area contributed by atoms with Gasteiger partial charge in [-0.15, -0.1) is 0 Å². The van der Waals surface area contributed by atoms with Gasteiger partial charge in [0.15, 0.2) is 0 Å². The SMILES string of the molecule is Cc1ccc2c(=O)[nH]c(-c3ccccc3)c(-c3ccccc3)c2c1. The molecular weight excluding hydrogens is 294 g/mol. The zero-order chi connectivity index (χ0) is 16.5. The molecule has 4 rings (SSSR count). The normalized spacial score (nSPS) is 10.9. The molecule has 4 aromatic rings. The quantitative estimate of drug-likeness (QED) is 0.544.